The summed E-state index contributed by atoms with van der Waals surface area (Å²) in [6.45, 7) is 3.15. The van der Waals surface area contributed by atoms with Gasteiger partial charge in [0.05, 0.1) is 4.90 Å². The average Bonchev–Trinajstić information content (AvgIpc) is 2.63. The topological polar surface area (TPSA) is 133 Å². The Bertz CT molecular complexity index is 958. The van der Waals surface area contributed by atoms with Gasteiger partial charge in [-0.25, -0.2) is 13.1 Å². The van der Waals surface area contributed by atoms with Crippen molar-refractivity contribution in [1.82, 2.24) is 10.0 Å². The summed E-state index contributed by atoms with van der Waals surface area (Å²) in [4.78, 5) is 22.8. The number of rotatable bonds is 10. The molecule has 0 amide bonds. The molecule has 0 aliphatic heterocycles. The van der Waals surface area contributed by atoms with Gasteiger partial charge in [0.1, 0.15) is 12.1 Å². The average molecular weight is 408 g/mol. The van der Waals surface area contributed by atoms with Gasteiger partial charge in [-0.2, -0.15) is 0 Å². The van der Waals surface area contributed by atoms with Gasteiger partial charge in [0.15, 0.2) is 0 Å². The Labute approximate surface area is 163 Å². The number of benzene rings is 2. The summed E-state index contributed by atoms with van der Waals surface area (Å²) in [5, 5.41) is 22.8. The highest BCUT2D eigenvalue weighted by Crippen LogP contribution is 2.18. The highest BCUT2D eigenvalue weighted by molar-refractivity contribution is 7.89. The molecule has 8 nitrogen and oxygen atoms in total. The molecule has 2 aromatic rings. The van der Waals surface area contributed by atoms with Gasteiger partial charge in [0, 0.05) is 6.54 Å². The molecule has 0 fully saturated rings. The lowest BCUT2D eigenvalue weighted by Gasteiger charge is -2.22. The van der Waals surface area contributed by atoms with Crippen molar-refractivity contribution in [2.24, 2.45) is 5.92 Å². The first-order valence-electron chi connectivity index (χ1n) is 8.80. The number of nitrogens with one attached hydrogen (secondary N) is 2. The second-order valence-electron chi connectivity index (χ2n) is 6.94. The number of aliphatic carboxylic acids is 2. The molecular weight excluding hydrogens is 384 g/mol. The molecule has 0 aliphatic rings. The Morgan fingerprint density at radius 2 is 1.57 bits per heavy atom. The van der Waals surface area contributed by atoms with Crippen molar-refractivity contribution >= 4 is 32.7 Å². The van der Waals surface area contributed by atoms with Crippen LogP contribution in [0.15, 0.2) is 47.4 Å². The second-order valence-corrected chi connectivity index (χ2v) is 8.71. The highest BCUT2D eigenvalue weighted by Gasteiger charge is 2.28. The van der Waals surface area contributed by atoms with Crippen molar-refractivity contribution in [3.8, 4) is 0 Å². The van der Waals surface area contributed by atoms with Crippen molar-refractivity contribution in [2.75, 3.05) is 6.54 Å². The molecule has 9 heteroatoms. The molecule has 0 radical (unpaired) electrons. The normalized spacial score (nSPS) is 14.1. The fourth-order valence-electron chi connectivity index (χ4n) is 2.78. The highest BCUT2D eigenvalue weighted by atomic mass is 32.2. The van der Waals surface area contributed by atoms with Crippen LogP contribution >= 0.6 is 0 Å². The molecule has 0 heterocycles. The van der Waals surface area contributed by atoms with Crippen LogP contribution in [0.3, 0.4) is 0 Å². The van der Waals surface area contributed by atoms with E-state index < -0.39 is 40.6 Å². The van der Waals surface area contributed by atoms with E-state index in [2.05, 4.69) is 10.0 Å². The molecular formula is C19H24N2O6S. The van der Waals surface area contributed by atoms with E-state index in [1.165, 1.54) is 12.1 Å². The molecule has 0 saturated heterocycles. The first kappa shape index (κ1) is 21.8. The Kier molecular flexibility index (Phi) is 7.11. The molecule has 152 valence electrons. The van der Waals surface area contributed by atoms with Gasteiger partial charge in [-0.3, -0.25) is 14.9 Å². The van der Waals surface area contributed by atoms with E-state index in [1.807, 2.05) is 26.0 Å². The predicted molar refractivity (Wildman–Crippen MR) is 105 cm³/mol. The third-order valence-electron chi connectivity index (χ3n) is 4.21. The van der Waals surface area contributed by atoms with Crippen LogP contribution in [0.2, 0.25) is 0 Å². The van der Waals surface area contributed by atoms with Gasteiger partial charge < -0.3 is 10.2 Å². The molecule has 1 unspecified atom stereocenters. The van der Waals surface area contributed by atoms with E-state index in [1.54, 1.807) is 18.2 Å². The van der Waals surface area contributed by atoms with Crippen LogP contribution in [0.1, 0.15) is 20.3 Å². The minimum absolute atomic E-state index is 0.00676. The molecule has 0 aromatic heterocycles. The number of carboxylic acid groups (broad SMARTS) is 2. The molecule has 2 atom stereocenters. The predicted octanol–water partition coefficient (Wildman–Crippen LogP) is 1.66. The Hall–Kier alpha value is -2.49. The number of sulfonamides is 1. The summed E-state index contributed by atoms with van der Waals surface area (Å²) in [6, 6.07) is 9.39. The maximum absolute atomic E-state index is 12.6. The molecule has 2 aromatic carbocycles. The van der Waals surface area contributed by atoms with Gasteiger partial charge in [-0.15, -0.1) is 0 Å². The van der Waals surface area contributed by atoms with Crippen LogP contribution < -0.4 is 10.0 Å². The smallest absolute Gasteiger partial charge is 0.322 e. The third kappa shape index (κ3) is 5.75. The van der Waals surface area contributed by atoms with E-state index in [0.717, 1.165) is 10.8 Å². The van der Waals surface area contributed by atoms with Gasteiger partial charge in [0.25, 0.3) is 0 Å². The van der Waals surface area contributed by atoms with Crippen molar-refractivity contribution < 1.29 is 28.2 Å². The van der Waals surface area contributed by atoms with Crippen LogP contribution in [-0.2, 0) is 19.6 Å². The van der Waals surface area contributed by atoms with Gasteiger partial charge in [0.2, 0.25) is 10.0 Å². The van der Waals surface area contributed by atoms with Crippen LogP contribution in [0, 0.1) is 5.92 Å². The van der Waals surface area contributed by atoms with E-state index in [-0.39, 0.29) is 17.2 Å². The van der Waals surface area contributed by atoms with Crippen molar-refractivity contribution in [1.29, 1.82) is 0 Å². The quantitative estimate of drug-likeness (QED) is 0.470. The number of carboxylic acids is 2. The van der Waals surface area contributed by atoms with E-state index in [9.17, 15) is 28.2 Å². The van der Waals surface area contributed by atoms with E-state index in [4.69, 9.17) is 0 Å². The summed E-state index contributed by atoms with van der Waals surface area (Å²) in [6.07, 6.45) is 0.219. The molecule has 0 aliphatic carbocycles. The number of carbonyl (C=O) groups is 2. The van der Waals surface area contributed by atoms with Gasteiger partial charge in [-0.05, 0) is 35.2 Å². The second kappa shape index (κ2) is 9.13. The summed E-state index contributed by atoms with van der Waals surface area (Å²) >= 11 is 0. The van der Waals surface area contributed by atoms with Crippen molar-refractivity contribution in [2.45, 2.75) is 37.2 Å². The maximum Gasteiger partial charge on any atom is 0.322 e. The van der Waals surface area contributed by atoms with Crippen LogP contribution in [0.5, 0.6) is 0 Å². The summed E-state index contributed by atoms with van der Waals surface area (Å²) in [7, 11) is -3.96. The number of fused-ring (bicyclic) bond motifs is 1. The fourth-order valence-corrected chi connectivity index (χ4v) is 3.86. The first-order chi connectivity index (χ1) is 13.1. The maximum atomic E-state index is 12.6. The molecule has 0 bridgehead atoms. The number of hydrogen-bond acceptors (Lipinski definition) is 5. The molecule has 28 heavy (non-hydrogen) atoms. The van der Waals surface area contributed by atoms with E-state index >= 15 is 0 Å². The van der Waals surface area contributed by atoms with Crippen LogP contribution in [0.4, 0.5) is 0 Å². The molecule has 2 rings (SSSR count). The summed E-state index contributed by atoms with van der Waals surface area (Å²) < 4.78 is 27.4. The molecule has 0 spiro atoms. The zero-order chi connectivity index (χ0) is 20.9. The fraction of sp³-hybridized carbons (Fsp3) is 0.368. The summed E-state index contributed by atoms with van der Waals surface area (Å²) in [5.74, 6) is -2.49. The molecule has 4 N–H and O–H groups in total. The lowest BCUT2D eigenvalue weighted by Crippen LogP contribution is -2.52. The molecule has 0 saturated carbocycles. The lowest BCUT2D eigenvalue weighted by atomic mass is 10.0. The zero-order valence-corrected chi connectivity index (χ0v) is 16.4. The number of hydrogen-bond donors (Lipinski definition) is 4. The largest absolute Gasteiger partial charge is 0.480 e. The minimum Gasteiger partial charge on any atom is -0.480 e. The van der Waals surface area contributed by atoms with E-state index in [0.29, 0.717) is 0 Å². The third-order valence-corrected chi connectivity index (χ3v) is 5.64. The van der Waals surface area contributed by atoms with Gasteiger partial charge >= 0.3 is 11.9 Å². The Morgan fingerprint density at radius 3 is 2.14 bits per heavy atom. The van der Waals surface area contributed by atoms with Crippen LogP contribution in [-0.4, -0.2) is 49.2 Å². The summed E-state index contributed by atoms with van der Waals surface area (Å²) in [5.41, 5.74) is 0. The van der Waals surface area contributed by atoms with Crippen LogP contribution in [0.25, 0.3) is 10.8 Å². The lowest BCUT2D eigenvalue weighted by molar-refractivity contribution is -0.142. The SMILES string of the molecule is CC(C)C[C@H](NC(CNS(=O)(=O)c1ccc2ccccc2c1)C(=O)O)C(=O)O. The van der Waals surface area contributed by atoms with Crippen molar-refractivity contribution in [3.63, 3.8) is 0 Å². The standard InChI is InChI=1S/C19H24N2O6S/c1-12(2)9-16(18(22)23)21-17(19(24)25)11-20-28(26,27)15-8-7-13-5-3-4-6-14(13)10-15/h3-8,10,12,16-17,20-21H,9,11H2,1-2H3,(H,22,23)(H,24,25)/t16-,17?/m0/s1. The zero-order valence-electron chi connectivity index (χ0n) is 15.6. The monoisotopic (exact) mass is 408 g/mol. The Balaban J connectivity index is 2.14. The van der Waals surface area contributed by atoms with Gasteiger partial charge in [-0.1, -0.05) is 44.2 Å². The van der Waals surface area contributed by atoms with Crippen molar-refractivity contribution in [3.05, 3.63) is 42.5 Å². The minimum atomic E-state index is -3.96. The first-order valence-corrected chi connectivity index (χ1v) is 10.3. The Morgan fingerprint density at radius 1 is 0.964 bits per heavy atom.